The summed E-state index contributed by atoms with van der Waals surface area (Å²) in [6.45, 7) is 15.9. The zero-order valence-electron chi connectivity index (χ0n) is 23.8. The molecule has 1 unspecified atom stereocenters. The number of hydrogen-bond donors (Lipinski definition) is 0. The van der Waals surface area contributed by atoms with E-state index in [1.807, 2.05) is 6.20 Å². The van der Waals surface area contributed by atoms with E-state index in [4.69, 9.17) is 4.98 Å². The Bertz CT molecular complexity index is 1580. The molecule has 1 atom stereocenters. The fourth-order valence-corrected chi connectivity index (χ4v) is 5.11. The molecule has 2 heteroatoms. The van der Waals surface area contributed by atoms with Gasteiger partial charge < -0.3 is 4.57 Å². The minimum atomic E-state index is 0.0173. The number of rotatable bonds is 7. The summed E-state index contributed by atoms with van der Waals surface area (Å²) in [5.41, 5.74) is 11.8. The van der Waals surface area contributed by atoms with Gasteiger partial charge in [0.2, 0.25) is 0 Å². The van der Waals surface area contributed by atoms with E-state index in [0.717, 1.165) is 29.1 Å². The van der Waals surface area contributed by atoms with E-state index in [1.54, 1.807) is 0 Å². The number of aromatic nitrogens is 2. The highest BCUT2D eigenvalue weighted by Gasteiger charge is 2.23. The molecule has 0 spiro atoms. The van der Waals surface area contributed by atoms with Crippen molar-refractivity contribution < 1.29 is 0 Å². The normalized spacial score (nSPS) is 12.3. The van der Waals surface area contributed by atoms with Gasteiger partial charge in [0.05, 0.1) is 11.4 Å². The van der Waals surface area contributed by atoms with Crippen LogP contribution in [0.15, 0.2) is 116 Å². The summed E-state index contributed by atoms with van der Waals surface area (Å²) in [4.78, 5) is 4.80. The fraction of sp³-hybridized carbons (Fsp3) is 0.216. The minimum absolute atomic E-state index is 0.0173. The first-order valence-corrected chi connectivity index (χ1v) is 13.9. The topological polar surface area (TPSA) is 17.8 Å². The SMILES string of the molecule is C=C(C(C)c1ccccc1-c1ccc(CC)cn1)n1cc(C(C)(C)C)cc1-c1cccc(-c2ccccc2)c1. The van der Waals surface area contributed by atoms with Gasteiger partial charge in [-0.05, 0) is 63.4 Å². The standard InChI is InChI=1S/C37H38N2/c1-7-28-20-21-35(38-24-28)34-19-12-11-18-33(34)26(2)27(3)39-25-32(37(4,5)6)23-36(39)31-17-13-16-30(22-31)29-14-9-8-10-15-29/h8-26H,3,7H2,1-2,4-6H3. The van der Waals surface area contributed by atoms with Crippen LogP contribution in [0.3, 0.4) is 0 Å². The summed E-state index contributed by atoms with van der Waals surface area (Å²) in [7, 11) is 0. The molecule has 0 amide bonds. The van der Waals surface area contributed by atoms with E-state index in [1.165, 1.54) is 33.4 Å². The minimum Gasteiger partial charge on any atom is -0.320 e. The van der Waals surface area contributed by atoms with Crippen LogP contribution in [0, 0.1) is 0 Å². The lowest BCUT2D eigenvalue weighted by atomic mass is 9.89. The summed E-state index contributed by atoms with van der Waals surface area (Å²) in [6, 6.07) is 34.6. The lowest BCUT2D eigenvalue weighted by Gasteiger charge is -2.22. The van der Waals surface area contributed by atoms with Gasteiger partial charge >= 0.3 is 0 Å². The van der Waals surface area contributed by atoms with Gasteiger partial charge in [-0.2, -0.15) is 0 Å². The average molecular weight is 511 g/mol. The van der Waals surface area contributed by atoms with Gasteiger partial charge in [-0.15, -0.1) is 0 Å². The first kappa shape index (κ1) is 26.4. The molecule has 5 aromatic rings. The van der Waals surface area contributed by atoms with Gasteiger partial charge in [0.25, 0.3) is 0 Å². The number of nitrogens with zero attached hydrogens (tertiary/aromatic N) is 2. The Balaban J connectivity index is 1.58. The van der Waals surface area contributed by atoms with E-state index in [2.05, 4.69) is 149 Å². The van der Waals surface area contributed by atoms with E-state index < -0.39 is 0 Å². The molecule has 0 aliphatic rings. The maximum absolute atomic E-state index is 4.80. The quantitative estimate of drug-likeness (QED) is 0.213. The Hall–Kier alpha value is -4.17. The van der Waals surface area contributed by atoms with E-state index in [0.29, 0.717) is 0 Å². The van der Waals surface area contributed by atoms with Crippen LogP contribution in [-0.4, -0.2) is 9.55 Å². The molecule has 0 saturated heterocycles. The predicted molar refractivity (Wildman–Crippen MR) is 167 cm³/mol. The van der Waals surface area contributed by atoms with Crippen LogP contribution in [0.25, 0.3) is 39.3 Å². The molecule has 196 valence electrons. The molecule has 2 nitrogen and oxygen atoms in total. The van der Waals surface area contributed by atoms with Gasteiger partial charge in [-0.1, -0.05) is 120 Å². The molecule has 0 radical (unpaired) electrons. The number of allylic oxidation sites excluding steroid dienone is 1. The number of benzene rings is 3. The summed E-state index contributed by atoms with van der Waals surface area (Å²) >= 11 is 0. The average Bonchev–Trinajstić information content (AvgIpc) is 3.43. The van der Waals surface area contributed by atoms with Crippen LogP contribution in [0.5, 0.6) is 0 Å². The van der Waals surface area contributed by atoms with E-state index in [-0.39, 0.29) is 11.3 Å². The smallest absolute Gasteiger partial charge is 0.0705 e. The predicted octanol–water partition coefficient (Wildman–Crippen LogP) is 10.0. The molecular weight excluding hydrogens is 472 g/mol. The second-order valence-corrected chi connectivity index (χ2v) is 11.4. The van der Waals surface area contributed by atoms with Crippen LogP contribution >= 0.6 is 0 Å². The zero-order valence-corrected chi connectivity index (χ0v) is 23.8. The fourth-order valence-electron chi connectivity index (χ4n) is 5.11. The Kier molecular flexibility index (Phi) is 7.39. The van der Waals surface area contributed by atoms with Crippen LogP contribution in [0.2, 0.25) is 0 Å². The molecule has 39 heavy (non-hydrogen) atoms. The van der Waals surface area contributed by atoms with E-state index in [9.17, 15) is 0 Å². The van der Waals surface area contributed by atoms with E-state index >= 15 is 0 Å². The third kappa shape index (κ3) is 5.52. The summed E-state index contributed by atoms with van der Waals surface area (Å²) in [5, 5.41) is 0. The van der Waals surface area contributed by atoms with Crippen LogP contribution in [0.4, 0.5) is 0 Å². The van der Waals surface area contributed by atoms with Crippen molar-refractivity contribution >= 4 is 5.70 Å². The van der Waals surface area contributed by atoms with Crippen molar-refractivity contribution in [2.45, 2.75) is 52.4 Å². The third-order valence-corrected chi connectivity index (χ3v) is 7.70. The summed E-state index contributed by atoms with van der Waals surface area (Å²) < 4.78 is 2.31. The monoisotopic (exact) mass is 510 g/mol. The van der Waals surface area contributed by atoms with Crippen molar-refractivity contribution in [2.75, 3.05) is 0 Å². The first-order valence-electron chi connectivity index (χ1n) is 13.9. The molecule has 0 saturated carbocycles. The van der Waals surface area contributed by atoms with Crippen LogP contribution in [-0.2, 0) is 11.8 Å². The molecule has 3 aromatic carbocycles. The molecule has 0 aliphatic carbocycles. The van der Waals surface area contributed by atoms with Gasteiger partial charge in [0.1, 0.15) is 0 Å². The molecule has 0 fully saturated rings. The maximum atomic E-state index is 4.80. The Labute approximate surface area is 233 Å². The van der Waals surface area contributed by atoms with Crippen molar-refractivity contribution in [3.05, 3.63) is 133 Å². The molecule has 2 heterocycles. The van der Waals surface area contributed by atoms with Crippen molar-refractivity contribution in [3.8, 4) is 33.6 Å². The molecule has 5 rings (SSSR count). The van der Waals surface area contributed by atoms with Crippen molar-refractivity contribution in [2.24, 2.45) is 0 Å². The number of pyridine rings is 1. The highest BCUT2D eigenvalue weighted by atomic mass is 15.0. The summed E-state index contributed by atoms with van der Waals surface area (Å²) in [6.07, 6.45) is 5.26. The van der Waals surface area contributed by atoms with Crippen molar-refractivity contribution in [3.63, 3.8) is 0 Å². The Morgan fingerprint density at radius 3 is 2.21 bits per heavy atom. The molecular formula is C37H38N2. The second-order valence-electron chi connectivity index (χ2n) is 11.4. The second kappa shape index (κ2) is 10.9. The van der Waals surface area contributed by atoms with Gasteiger partial charge in [-0.25, -0.2) is 0 Å². The molecule has 2 aromatic heterocycles. The zero-order chi connectivity index (χ0) is 27.6. The largest absolute Gasteiger partial charge is 0.320 e. The number of aryl methyl sites for hydroxylation is 1. The highest BCUT2D eigenvalue weighted by Crippen LogP contribution is 2.39. The van der Waals surface area contributed by atoms with Gasteiger partial charge in [0.15, 0.2) is 0 Å². The lowest BCUT2D eigenvalue weighted by Crippen LogP contribution is -2.10. The molecule has 0 N–H and O–H groups in total. The lowest BCUT2D eigenvalue weighted by molar-refractivity contribution is 0.590. The van der Waals surface area contributed by atoms with Crippen molar-refractivity contribution in [1.29, 1.82) is 0 Å². The molecule has 0 aliphatic heterocycles. The van der Waals surface area contributed by atoms with Crippen molar-refractivity contribution in [1.82, 2.24) is 9.55 Å². The molecule has 0 bridgehead atoms. The first-order chi connectivity index (χ1) is 18.8. The summed E-state index contributed by atoms with van der Waals surface area (Å²) in [5.74, 6) is 0.0881. The van der Waals surface area contributed by atoms with Crippen LogP contribution < -0.4 is 0 Å². The maximum Gasteiger partial charge on any atom is 0.0705 e. The van der Waals surface area contributed by atoms with Gasteiger partial charge in [0, 0.05) is 29.6 Å². The highest BCUT2D eigenvalue weighted by molar-refractivity contribution is 5.76. The van der Waals surface area contributed by atoms with Gasteiger partial charge in [-0.3, -0.25) is 4.98 Å². The third-order valence-electron chi connectivity index (χ3n) is 7.70. The van der Waals surface area contributed by atoms with Crippen LogP contribution in [0.1, 0.15) is 57.2 Å². The Morgan fingerprint density at radius 2 is 1.51 bits per heavy atom. The Morgan fingerprint density at radius 1 is 0.821 bits per heavy atom. The number of hydrogen-bond acceptors (Lipinski definition) is 1.